The second-order valence-corrected chi connectivity index (χ2v) is 5.42. The van der Waals surface area contributed by atoms with Crippen molar-refractivity contribution in [3.63, 3.8) is 0 Å². The third-order valence-corrected chi connectivity index (χ3v) is 3.92. The van der Waals surface area contributed by atoms with Crippen LogP contribution in [0, 0.1) is 19.7 Å². The lowest BCUT2D eigenvalue weighted by Crippen LogP contribution is -2.20. The van der Waals surface area contributed by atoms with Crippen LogP contribution in [0.4, 0.5) is 4.39 Å². The van der Waals surface area contributed by atoms with E-state index >= 15 is 0 Å². The highest BCUT2D eigenvalue weighted by atomic mass is 19.1. The highest BCUT2D eigenvalue weighted by Crippen LogP contribution is 2.16. The van der Waals surface area contributed by atoms with E-state index in [0.717, 1.165) is 11.3 Å². The summed E-state index contributed by atoms with van der Waals surface area (Å²) < 4.78 is 20.4. The number of rotatable bonds is 5. The summed E-state index contributed by atoms with van der Waals surface area (Å²) >= 11 is 0. The molecule has 6 nitrogen and oxygen atoms in total. The molecule has 0 bridgehead atoms. The van der Waals surface area contributed by atoms with Crippen LogP contribution in [0.1, 0.15) is 28.4 Å². The molecule has 2 heterocycles. The zero-order valence-electron chi connectivity index (χ0n) is 13.0. The van der Waals surface area contributed by atoms with E-state index in [2.05, 4.69) is 15.4 Å². The van der Waals surface area contributed by atoms with Crippen LogP contribution in [0.2, 0.25) is 0 Å². The molecule has 0 saturated heterocycles. The molecule has 0 atom stereocenters. The molecule has 23 heavy (non-hydrogen) atoms. The lowest BCUT2D eigenvalue weighted by atomic mass is 10.1. The van der Waals surface area contributed by atoms with Crippen LogP contribution in [0.5, 0.6) is 0 Å². The summed E-state index contributed by atoms with van der Waals surface area (Å²) in [6.45, 7) is 4.03. The number of hydrogen-bond acceptors (Lipinski definition) is 4. The SMILES string of the molecule is Cc1noc(C)c1Cc1n[nH]c(=O)n1CCc1ccccc1F. The first-order chi connectivity index (χ1) is 11.1. The van der Waals surface area contributed by atoms with E-state index in [1.165, 1.54) is 10.6 Å². The molecule has 0 amide bonds. The van der Waals surface area contributed by atoms with Gasteiger partial charge in [-0.3, -0.25) is 4.57 Å². The standard InChI is InChI=1S/C16H17FN4O2/c1-10-13(11(2)23-20-10)9-15-18-19-16(22)21(15)8-7-12-5-3-4-6-14(12)17/h3-6H,7-9H2,1-2H3,(H,19,22). The molecule has 1 N–H and O–H groups in total. The second kappa shape index (κ2) is 6.20. The quantitative estimate of drug-likeness (QED) is 0.782. The number of halogens is 1. The maximum atomic E-state index is 13.7. The summed E-state index contributed by atoms with van der Waals surface area (Å²) in [6.07, 6.45) is 0.859. The highest BCUT2D eigenvalue weighted by molar-refractivity contribution is 5.24. The molecule has 0 saturated carbocycles. The number of benzene rings is 1. The number of nitrogens with zero attached hydrogens (tertiary/aromatic N) is 3. The average molecular weight is 316 g/mol. The fourth-order valence-corrected chi connectivity index (χ4v) is 2.56. The summed E-state index contributed by atoms with van der Waals surface area (Å²) in [5, 5.41) is 10.4. The predicted octanol–water partition coefficient (Wildman–Crippen LogP) is 2.15. The summed E-state index contributed by atoms with van der Waals surface area (Å²) in [7, 11) is 0. The molecular weight excluding hydrogens is 299 g/mol. The van der Waals surface area contributed by atoms with Crippen molar-refractivity contribution < 1.29 is 8.91 Å². The van der Waals surface area contributed by atoms with Crippen molar-refractivity contribution in [3.8, 4) is 0 Å². The maximum Gasteiger partial charge on any atom is 0.343 e. The smallest absolute Gasteiger partial charge is 0.343 e. The van der Waals surface area contributed by atoms with Crippen LogP contribution in [-0.4, -0.2) is 19.9 Å². The largest absolute Gasteiger partial charge is 0.361 e. The van der Waals surface area contributed by atoms with Crippen molar-refractivity contribution in [2.75, 3.05) is 0 Å². The Morgan fingerprint density at radius 3 is 2.78 bits per heavy atom. The number of nitrogens with one attached hydrogen (secondary N) is 1. The number of aryl methyl sites for hydroxylation is 3. The Morgan fingerprint density at radius 2 is 2.09 bits per heavy atom. The summed E-state index contributed by atoms with van der Waals surface area (Å²) in [5.74, 6) is 1.02. The van der Waals surface area contributed by atoms with E-state index in [1.807, 2.05) is 13.8 Å². The van der Waals surface area contributed by atoms with Crippen molar-refractivity contribution >= 4 is 0 Å². The van der Waals surface area contributed by atoms with Crippen molar-refractivity contribution in [2.45, 2.75) is 33.2 Å². The molecule has 0 fully saturated rings. The van der Waals surface area contributed by atoms with Crippen LogP contribution >= 0.6 is 0 Å². The van der Waals surface area contributed by atoms with Gasteiger partial charge in [-0.15, -0.1) is 0 Å². The Balaban J connectivity index is 1.82. The Labute approximate surface area is 131 Å². The molecule has 0 radical (unpaired) electrons. The third-order valence-electron chi connectivity index (χ3n) is 3.92. The second-order valence-electron chi connectivity index (χ2n) is 5.42. The summed E-state index contributed by atoms with van der Waals surface area (Å²) in [6, 6.07) is 6.56. The first-order valence-electron chi connectivity index (χ1n) is 7.35. The zero-order valence-corrected chi connectivity index (χ0v) is 13.0. The van der Waals surface area contributed by atoms with E-state index < -0.39 is 0 Å². The van der Waals surface area contributed by atoms with Crippen molar-refractivity contribution in [3.05, 3.63) is 69.0 Å². The average Bonchev–Trinajstić information content (AvgIpc) is 3.04. The monoisotopic (exact) mass is 316 g/mol. The van der Waals surface area contributed by atoms with Gasteiger partial charge in [0.25, 0.3) is 0 Å². The van der Waals surface area contributed by atoms with E-state index in [0.29, 0.717) is 36.5 Å². The van der Waals surface area contributed by atoms with Crippen LogP contribution in [0.3, 0.4) is 0 Å². The molecule has 2 aromatic heterocycles. The molecule has 0 aliphatic rings. The lowest BCUT2D eigenvalue weighted by Gasteiger charge is -2.06. The van der Waals surface area contributed by atoms with E-state index in [9.17, 15) is 9.18 Å². The van der Waals surface area contributed by atoms with Crippen LogP contribution in [-0.2, 0) is 19.4 Å². The molecule has 7 heteroatoms. The molecule has 3 aromatic rings. The molecule has 0 spiro atoms. The topological polar surface area (TPSA) is 76.7 Å². The number of H-pyrrole nitrogens is 1. The Hall–Kier alpha value is -2.70. The molecule has 3 rings (SSSR count). The maximum absolute atomic E-state index is 13.7. The summed E-state index contributed by atoms with van der Waals surface area (Å²) in [5.41, 5.74) is 1.96. The molecule has 0 unspecified atom stereocenters. The number of hydrogen-bond donors (Lipinski definition) is 1. The molecule has 0 aliphatic heterocycles. The van der Waals surface area contributed by atoms with Gasteiger partial charge in [-0.2, -0.15) is 5.10 Å². The van der Waals surface area contributed by atoms with Gasteiger partial charge in [-0.25, -0.2) is 14.3 Å². The molecule has 1 aromatic carbocycles. The van der Waals surface area contributed by atoms with Gasteiger partial charge in [0, 0.05) is 18.5 Å². The van der Waals surface area contributed by atoms with Crippen molar-refractivity contribution in [2.24, 2.45) is 0 Å². The van der Waals surface area contributed by atoms with Gasteiger partial charge in [0.15, 0.2) is 0 Å². The predicted molar refractivity (Wildman–Crippen MR) is 81.7 cm³/mol. The van der Waals surface area contributed by atoms with Crippen molar-refractivity contribution in [1.29, 1.82) is 0 Å². The van der Waals surface area contributed by atoms with E-state index in [-0.39, 0.29) is 11.5 Å². The van der Waals surface area contributed by atoms with Gasteiger partial charge < -0.3 is 4.52 Å². The first-order valence-corrected chi connectivity index (χ1v) is 7.35. The van der Waals surface area contributed by atoms with Crippen LogP contribution in [0.25, 0.3) is 0 Å². The molecule has 0 aliphatic carbocycles. The van der Waals surface area contributed by atoms with Crippen LogP contribution in [0.15, 0.2) is 33.6 Å². The van der Waals surface area contributed by atoms with E-state index in [1.54, 1.807) is 18.2 Å². The minimum absolute atomic E-state index is 0.267. The fourth-order valence-electron chi connectivity index (χ4n) is 2.56. The van der Waals surface area contributed by atoms with E-state index in [4.69, 9.17) is 4.52 Å². The highest BCUT2D eigenvalue weighted by Gasteiger charge is 2.15. The minimum atomic E-state index is -0.303. The van der Waals surface area contributed by atoms with Crippen molar-refractivity contribution in [1.82, 2.24) is 19.9 Å². The lowest BCUT2D eigenvalue weighted by molar-refractivity contribution is 0.392. The molecular formula is C16H17FN4O2. The fraction of sp³-hybridized carbons (Fsp3) is 0.312. The van der Waals surface area contributed by atoms with Crippen LogP contribution < -0.4 is 5.69 Å². The number of aromatic nitrogens is 4. The Kier molecular flexibility index (Phi) is 4.10. The van der Waals surface area contributed by atoms with Gasteiger partial charge in [0.05, 0.1) is 5.69 Å². The third kappa shape index (κ3) is 3.08. The van der Waals surface area contributed by atoms with Gasteiger partial charge in [0.2, 0.25) is 0 Å². The summed E-state index contributed by atoms with van der Waals surface area (Å²) in [4.78, 5) is 12.0. The normalized spacial score (nSPS) is 11.1. The van der Waals surface area contributed by atoms with Gasteiger partial charge in [0.1, 0.15) is 17.4 Å². The van der Waals surface area contributed by atoms with Gasteiger partial charge in [-0.1, -0.05) is 23.4 Å². The molecule has 120 valence electrons. The Morgan fingerprint density at radius 1 is 1.30 bits per heavy atom. The number of aromatic amines is 1. The van der Waals surface area contributed by atoms with Gasteiger partial charge >= 0.3 is 5.69 Å². The van der Waals surface area contributed by atoms with Gasteiger partial charge in [-0.05, 0) is 31.9 Å². The first kappa shape index (κ1) is 15.2. The zero-order chi connectivity index (χ0) is 16.4. The Bertz CT molecular complexity index is 859. The minimum Gasteiger partial charge on any atom is -0.361 e.